The van der Waals surface area contributed by atoms with Gasteiger partial charge in [-0.25, -0.2) is 4.98 Å². The fourth-order valence-corrected chi connectivity index (χ4v) is 2.76. The molecule has 0 atom stereocenters. The zero-order valence-electron chi connectivity index (χ0n) is 15.4. The summed E-state index contributed by atoms with van der Waals surface area (Å²) < 4.78 is 20.2. The van der Waals surface area contributed by atoms with Crippen LogP contribution in [0.2, 0.25) is 0 Å². The molecule has 2 fully saturated rings. The van der Waals surface area contributed by atoms with Crippen molar-refractivity contribution in [1.29, 1.82) is 0 Å². The molecule has 2 aliphatic rings. The molecular weight excluding hydrogens is 317 g/mol. The van der Waals surface area contributed by atoms with E-state index in [2.05, 4.69) is 10.1 Å². The molecule has 0 unspecified atom stereocenters. The average Bonchev–Trinajstić information content (AvgIpc) is 3.19. The minimum atomic E-state index is -0.505. The van der Waals surface area contributed by atoms with Crippen LogP contribution in [0, 0.1) is 0 Å². The van der Waals surface area contributed by atoms with E-state index in [0.29, 0.717) is 5.88 Å². The molecule has 6 nitrogen and oxygen atoms in total. The first kappa shape index (κ1) is 16.6. The lowest BCUT2D eigenvalue weighted by atomic mass is 9.79. The Morgan fingerprint density at radius 3 is 2.44 bits per heavy atom. The number of aryl methyl sites for hydroxylation is 1. The first-order valence-corrected chi connectivity index (χ1v) is 8.77. The number of pyridine rings is 1. The summed E-state index contributed by atoms with van der Waals surface area (Å²) in [5.74, 6) is 0.598. The zero-order valence-corrected chi connectivity index (χ0v) is 15.4. The van der Waals surface area contributed by atoms with Crippen molar-refractivity contribution < 1.29 is 14.0 Å². The summed E-state index contributed by atoms with van der Waals surface area (Å²) in [7, 11) is 1.39. The van der Waals surface area contributed by atoms with Gasteiger partial charge in [-0.1, -0.05) is 0 Å². The number of aromatic nitrogens is 3. The van der Waals surface area contributed by atoms with Crippen molar-refractivity contribution in [2.75, 3.05) is 0 Å². The van der Waals surface area contributed by atoms with Crippen molar-refractivity contribution >= 4 is 12.6 Å². The van der Waals surface area contributed by atoms with Gasteiger partial charge >= 0.3 is 7.12 Å². The fraction of sp³-hybridized carbons (Fsp3) is 0.556. The molecule has 25 heavy (non-hydrogen) atoms. The number of hydrogen-bond donors (Lipinski definition) is 0. The van der Waals surface area contributed by atoms with Gasteiger partial charge in [-0.2, -0.15) is 5.10 Å². The van der Waals surface area contributed by atoms with Crippen LogP contribution in [0.15, 0.2) is 24.5 Å². The second-order valence-corrected chi connectivity index (χ2v) is 7.90. The predicted octanol–water partition coefficient (Wildman–Crippen LogP) is 2.32. The van der Waals surface area contributed by atoms with Crippen molar-refractivity contribution in [2.24, 2.45) is 7.05 Å². The first-order chi connectivity index (χ1) is 11.7. The van der Waals surface area contributed by atoms with Crippen LogP contribution in [0.1, 0.15) is 40.5 Å². The van der Waals surface area contributed by atoms with Gasteiger partial charge in [0.25, 0.3) is 0 Å². The Bertz CT molecular complexity index is 783. The maximum atomic E-state index is 6.22. The van der Waals surface area contributed by atoms with E-state index in [9.17, 15) is 0 Å². The lowest BCUT2D eigenvalue weighted by molar-refractivity contribution is 0.00578. The van der Waals surface area contributed by atoms with E-state index >= 15 is 0 Å². The molecule has 0 N–H and O–H groups in total. The normalized spacial score (nSPS) is 21.6. The van der Waals surface area contributed by atoms with E-state index in [1.807, 2.05) is 53.1 Å². The minimum absolute atomic E-state index is 0.259. The summed E-state index contributed by atoms with van der Waals surface area (Å²) >= 11 is 0. The summed E-state index contributed by atoms with van der Waals surface area (Å²) in [5.41, 5.74) is 1.80. The summed E-state index contributed by atoms with van der Waals surface area (Å²) in [6, 6.07) is 3.99. The van der Waals surface area contributed by atoms with Crippen LogP contribution in [0.3, 0.4) is 0 Å². The molecule has 0 spiro atoms. The van der Waals surface area contributed by atoms with Gasteiger partial charge in [0.15, 0.2) is 0 Å². The summed E-state index contributed by atoms with van der Waals surface area (Å²) in [6.45, 7) is 8.18. The third-order valence-electron chi connectivity index (χ3n) is 5.20. The number of hydrogen-bond acceptors (Lipinski definition) is 5. The van der Waals surface area contributed by atoms with Crippen molar-refractivity contribution in [3.63, 3.8) is 0 Å². The Morgan fingerprint density at radius 2 is 1.88 bits per heavy atom. The second-order valence-electron chi connectivity index (χ2n) is 7.90. The molecule has 1 aliphatic carbocycles. The molecular formula is C18H24BN3O3. The molecule has 1 saturated heterocycles. The fourth-order valence-electron chi connectivity index (χ4n) is 2.76. The largest absolute Gasteiger partial charge is 0.500 e. The van der Waals surface area contributed by atoms with E-state index in [1.54, 1.807) is 10.9 Å². The Morgan fingerprint density at radius 1 is 1.20 bits per heavy atom. The maximum Gasteiger partial charge on any atom is 0.500 e. The molecule has 0 radical (unpaired) electrons. The highest BCUT2D eigenvalue weighted by atomic mass is 16.7. The summed E-state index contributed by atoms with van der Waals surface area (Å²) in [6.07, 6.45) is 6.13. The molecule has 132 valence electrons. The van der Waals surface area contributed by atoms with Gasteiger partial charge in [0.2, 0.25) is 5.88 Å². The third kappa shape index (κ3) is 3.07. The number of nitrogens with zero attached hydrogens (tertiary/aromatic N) is 3. The number of ether oxygens (including phenoxy) is 1. The lowest BCUT2D eigenvalue weighted by Gasteiger charge is -2.32. The van der Waals surface area contributed by atoms with Gasteiger partial charge in [-0.15, -0.1) is 0 Å². The van der Waals surface area contributed by atoms with E-state index in [-0.39, 0.29) is 6.10 Å². The molecule has 0 bridgehead atoms. The molecule has 1 aliphatic heterocycles. The van der Waals surface area contributed by atoms with Crippen LogP contribution >= 0.6 is 0 Å². The second kappa shape index (κ2) is 5.57. The van der Waals surface area contributed by atoms with Crippen LogP contribution in [0.5, 0.6) is 5.88 Å². The van der Waals surface area contributed by atoms with Crippen LogP contribution in [0.4, 0.5) is 0 Å². The highest BCUT2D eigenvalue weighted by Crippen LogP contribution is 2.37. The van der Waals surface area contributed by atoms with Crippen LogP contribution in [-0.2, 0) is 16.4 Å². The molecule has 3 heterocycles. The van der Waals surface area contributed by atoms with Crippen molar-refractivity contribution in [2.45, 2.75) is 57.8 Å². The summed E-state index contributed by atoms with van der Waals surface area (Å²) in [4.78, 5) is 4.55. The highest BCUT2D eigenvalue weighted by Gasteiger charge is 2.53. The predicted molar refractivity (Wildman–Crippen MR) is 95.8 cm³/mol. The molecule has 7 heteroatoms. The Kier molecular flexibility index (Phi) is 3.70. The van der Waals surface area contributed by atoms with E-state index in [0.717, 1.165) is 29.6 Å². The number of rotatable bonds is 4. The van der Waals surface area contributed by atoms with Gasteiger partial charge in [0.1, 0.15) is 6.10 Å². The van der Waals surface area contributed by atoms with Gasteiger partial charge < -0.3 is 14.0 Å². The molecule has 0 amide bonds. The van der Waals surface area contributed by atoms with E-state index in [4.69, 9.17) is 14.0 Å². The van der Waals surface area contributed by atoms with Crippen LogP contribution in [-0.4, -0.2) is 39.2 Å². The van der Waals surface area contributed by atoms with Crippen molar-refractivity contribution in [1.82, 2.24) is 14.8 Å². The highest BCUT2D eigenvalue weighted by molar-refractivity contribution is 6.63. The van der Waals surface area contributed by atoms with Gasteiger partial charge in [-0.05, 0) is 52.7 Å². The quantitative estimate of drug-likeness (QED) is 0.799. The minimum Gasteiger partial charge on any atom is -0.475 e. The van der Waals surface area contributed by atoms with Crippen LogP contribution in [0.25, 0.3) is 11.3 Å². The molecule has 0 aromatic carbocycles. The average molecular weight is 341 g/mol. The Hall–Kier alpha value is -1.86. The third-order valence-corrected chi connectivity index (χ3v) is 5.20. The van der Waals surface area contributed by atoms with E-state index < -0.39 is 18.3 Å². The Labute approximate surface area is 148 Å². The van der Waals surface area contributed by atoms with Crippen LogP contribution < -0.4 is 10.2 Å². The van der Waals surface area contributed by atoms with Gasteiger partial charge in [-0.3, -0.25) is 4.68 Å². The van der Waals surface area contributed by atoms with Gasteiger partial charge in [0.05, 0.1) is 16.9 Å². The van der Waals surface area contributed by atoms with Gasteiger partial charge in [0, 0.05) is 30.5 Å². The maximum absolute atomic E-state index is 6.22. The van der Waals surface area contributed by atoms with E-state index in [1.165, 1.54) is 0 Å². The summed E-state index contributed by atoms with van der Waals surface area (Å²) in [5, 5.41) is 4.46. The molecule has 2 aromatic rings. The topological polar surface area (TPSA) is 58.4 Å². The first-order valence-electron chi connectivity index (χ1n) is 8.77. The smallest absolute Gasteiger partial charge is 0.475 e. The zero-order chi connectivity index (χ0) is 17.8. The molecule has 2 aromatic heterocycles. The monoisotopic (exact) mass is 341 g/mol. The van der Waals surface area contributed by atoms with Crippen molar-refractivity contribution in [3.8, 4) is 17.1 Å². The Balaban J connectivity index is 1.72. The standard InChI is InChI=1S/C18H24BN3O3/c1-17(2)18(3,4)25-19(24-17)14-10-12(15-8-9-22(5)21-15)11-20-16(14)23-13-6-7-13/h8-11,13H,6-7H2,1-5H3. The molecule has 4 rings (SSSR count). The lowest BCUT2D eigenvalue weighted by Crippen LogP contribution is -2.41. The van der Waals surface area contributed by atoms with Crippen molar-refractivity contribution in [3.05, 3.63) is 24.5 Å². The molecule has 1 saturated carbocycles. The SMILES string of the molecule is Cn1ccc(-c2cnc(OC3CC3)c(B3OC(C)(C)C(C)(C)O3)c2)n1.